The molecule has 1 fully saturated rings. The number of anilines is 1. The van der Waals surface area contributed by atoms with E-state index in [1.54, 1.807) is 31.9 Å². The van der Waals surface area contributed by atoms with Gasteiger partial charge >= 0.3 is 0 Å². The van der Waals surface area contributed by atoms with Crippen LogP contribution in [0.3, 0.4) is 0 Å². The van der Waals surface area contributed by atoms with Crippen molar-refractivity contribution in [1.29, 1.82) is 0 Å². The number of fused-ring (bicyclic) bond motifs is 3. The van der Waals surface area contributed by atoms with E-state index in [4.69, 9.17) is 14.5 Å². The van der Waals surface area contributed by atoms with Gasteiger partial charge in [0.2, 0.25) is 0 Å². The van der Waals surface area contributed by atoms with Gasteiger partial charge < -0.3 is 14.4 Å². The van der Waals surface area contributed by atoms with Gasteiger partial charge in [-0.3, -0.25) is 19.2 Å². The largest absolute Gasteiger partial charge is 0.497 e. The Morgan fingerprint density at radius 1 is 0.857 bits per heavy atom. The van der Waals surface area contributed by atoms with Gasteiger partial charge in [0, 0.05) is 63.8 Å². The van der Waals surface area contributed by atoms with Crippen LogP contribution in [0.5, 0.6) is 11.5 Å². The number of benzene rings is 2. The Labute approximate surface area is 269 Å². The molecule has 0 radical (unpaired) electrons. The summed E-state index contributed by atoms with van der Waals surface area (Å²) in [5, 5.41) is 0.836. The highest BCUT2D eigenvalue weighted by molar-refractivity contribution is 7.18. The number of hydrogen-bond donors (Lipinski definition) is 0. The van der Waals surface area contributed by atoms with Crippen LogP contribution in [-0.4, -0.2) is 72.8 Å². The summed E-state index contributed by atoms with van der Waals surface area (Å²) in [6.07, 6.45) is 2.63. The van der Waals surface area contributed by atoms with Crippen molar-refractivity contribution in [3.63, 3.8) is 0 Å². The first kappa shape index (κ1) is 34.0. The third-order valence-corrected chi connectivity index (χ3v) is 9.05. The predicted octanol–water partition coefficient (Wildman–Crippen LogP) is 5.12. The Morgan fingerprint density at radius 2 is 1.60 bits per heavy atom. The number of ether oxygens (including phenoxy) is 2. The standard InChI is InChI=1S/C30H35N5O3S.3ClH/c1-37-23-9-7-22(8-10-23)19-33-12-11-24-27(20-33)39-29-28(24)30(36)35(21-31-29)18-15-32-13-16-34(17-14-32)25-5-3-4-6-26(25)38-2;;;/h3-10,21H,11-20H2,1-2H3;3*1H. The van der Waals surface area contributed by atoms with Gasteiger partial charge in [-0.25, -0.2) is 4.98 Å². The van der Waals surface area contributed by atoms with E-state index in [0.29, 0.717) is 6.54 Å². The molecule has 0 N–H and O–H groups in total. The van der Waals surface area contributed by atoms with Gasteiger partial charge in [-0.15, -0.1) is 48.6 Å². The molecular formula is C30H38Cl3N5O3S. The molecule has 6 rings (SSSR count). The summed E-state index contributed by atoms with van der Waals surface area (Å²) in [6.45, 7) is 7.99. The average molecular weight is 655 g/mol. The maximum atomic E-state index is 13.5. The number of rotatable bonds is 8. The van der Waals surface area contributed by atoms with E-state index in [-0.39, 0.29) is 42.8 Å². The topological polar surface area (TPSA) is 63.1 Å². The van der Waals surface area contributed by atoms with Crippen LogP contribution in [0, 0.1) is 0 Å². The lowest BCUT2D eigenvalue weighted by Crippen LogP contribution is -2.47. The van der Waals surface area contributed by atoms with E-state index in [9.17, 15) is 4.79 Å². The van der Waals surface area contributed by atoms with Crippen LogP contribution in [0.25, 0.3) is 10.2 Å². The van der Waals surface area contributed by atoms with Gasteiger partial charge in [0.05, 0.1) is 31.6 Å². The first-order chi connectivity index (χ1) is 19.1. The summed E-state index contributed by atoms with van der Waals surface area (Å²) < 4.78 is 12.6. The molecule has 0 atom stereocenters. The molecule has 42 heavy (non-hydrogen) atoms. The molecule has 2 aromatic heterocycles. The predicted molar refractivity (Wildman–Crippen MR) is 178 cm³/mol. The van der Waals surface area contributed by atoms with E-state index in [0.717, 1.165) is 86.2 Å². The second-order valence-electron chi connectivity index (χ2n) is 10.2. The molecule has 0 bridgehead atoms. The van der Waals surface area contributed by atoms with E-state index >= 15 is 0 Å². The number of methoxy groups -OCH3 is 2. The van der Waals surface area contributed by atoms with Gasteiger partial charge in [-0.1, -0.05) is 24.3 Å². The summed E-state index contributed by atoms with van der Waals surface area (Å²) in [6, 6.07) is 16.5. The quantitative estimate of drug-likeness (QED) is 0.261. The number of halogens is 3. The number of hydrogen-bond acceptors (Lipinski definition) is 8. The first-order valence-corrected chi connectivity index (χ1v) is 14.4. The maximum absolute atomic E-state index is 13.5. The van der Waals surface area contributed by atoms with Gasteiger partial charge in [0.15, 0.2) is 0 Å². The van der Waals surface area contributed by atoms with Crippen LogP contribution in [0.4, 0.5) is 5.69 Å². The molecule has 2 aliphatic rings. The third kappa shape index (κ3) is 7.15. The molecule has 4 aromatic rings. The van der Waals surface area contributed by atoms with Crippen molar-refractivity contribution in [3.8, 4) is 11.5 Å². The number of piperazine rings is 1. The minimum Gasteiger partial charge on any atom is -0.497 e. The molecule has 0 spiro atoms. The van der Waals surface area contributed by atoms with Crippen molar-refractivity contribution < 1.29 is 9.47 Å². The van der Waals surface area contributed by atoms with Crippen LogP contribution < -0.4 is 19.9 Å². The highest BCUT2D eigenvalue weighted by atomic mass is 35.5. The Morgan fingerprint density at radius 3 is 2.31 bits per heavy atom. The minimum atomic E-state index is 0. The Balaban J connectivity index is 0.00000161. The highest BCUT2D eigenvalue weighted by Crippen LogP contribution is 2.33. The minimum absolute atomic E-state index is 0. The normalized spacial score (nSPS) is 15.2. The summed E-state index contributed by atoms with van der Waals surface area (Å²) in [7, 11) is 3.41. The smallest absolute Gasteiger partial charge is 0.262 e. The number of nitrogens with zero attached hydrogens (tertiary/aromatic N) is 5. The monoisotopic (exact) mass is 653 g/mol. The molecule has 2 aromatic carbocycles. The third-order valence-electron chi connectivity index (χ3n) is 7.93. The molecular weight excluding hydrogens is 617 g/mol. The van der Waals surface area contributed by atoms with Crippen LogP contribution in [0.2, 0.25) is 0 Å². The fraction of sp³-hybridized carbons (Fsp3) is 0.400. The van der Waals surface area contributed by atoms with Crippen molar-refractivity contribution in [2.45, 2.75) is 26.1 Å². The Bertz CT molecular complexity index is 1510. The number of para-hydroxylation sites is 2. The summed E-state index contributed by atoms with van der Waals surface area (Å²) in [5.74, 6) is 1.79. The molecule has 228 valence electrons. The second-order valence-corrected chi connectivity index (χ2v) is 11.3. The molecule has 0 saturated carbocycles. The first-order valence-electron chi connectivity index (χ1n) is 13.6. The second kappa shape index (κ2) is 15.3. The SMILES string of the molecule is COc1ccc(CN2CCc3c(sc4ncn(CCN5CCN(c6ccccc6OC)CC5)c(=O)c34)C2)cc1.Cl.Cl.Cl. The van der Waals surface area contributed by atoms with Crippen molar-refractivity contribution >= 4 is 64.5 Å². The fourth-order valence-corrected chi connectivity index (χ4v) is 6.93. The summed E-state index contributed by atoms with van der Waals surface area (Å²) >= 11 is 1.68. The molecule has 4 heterocycles. The molecule has 12 heteroatoms. The maximum Gasteiger partial charge on any atom is 0.262 e. The summed E-state index contributed by atoms with van der Waals surface area (Å²) in [5.41, 5.74) is 3.73. The number of thiophene rings is 1. The van der Waals surface area contributed by atoms with Crippen LogP contribution in [0.1, 0.15) is 16.0 Å². The van der Waals surface area contributed by atoms with Crippen molar-refractivity contribution in [2.24, 2.45) is 0 Å². The molecule has 0 aliphatic carbocycles. The van der Waals surface area contributed by atoms with Crippen LogP contribution >= 0.6 is 48.6 Å². The molecule has 0 amide bonds. The van der Waals surface area contributed by atoms with Crippen molar-refractivity contribution in [1.82, 2.24) is 19.4 Å². The molecule has 0 unspecified atom stereocenters. The summed E-state index contributed by atoms with van der Waals surface area (Å²) in [4.78, 5) is 27.7. The zero-order chi connectivity index (χ0) is 26.8. The Hall–Kier alpha value is -2.53. The highest BCUT2D eigenvalue weighted by Gasteiger charge is 2.24. The van der Waals surface area contributed by atoms with Crippen molar-refractivity contribution in [2.75, 3.05) is 58.4 Å². The van der Waals surface area contributed by atoms with E-state index < -0.39 is 0 Å². The van der Waals surface area contributed by atoms with Crippen molar-refractivity contribution in [3.05, 3.63) is 81.2 Å². The Kier molecular flexibility index (Phi) is 12.4. The molecule has 2 aliphatic heterocycles. The van der Waals surface area contributed by atoms with Crippen LogP contribution in [0.15, 0.2) is 59.7 Å². The van der Waals surface area contributed by atoms with Gasteiger partial charge in [0.25, 0.3) is 5.56 Å². The van der Waals surface area contributed by atoms with Gasteiger partial charge in [0.1, 0.15) is 16.3 Å². The van der Waals surface area contributed by atoms with Gasteiger partial charge in [-0.2, -0.15) is 0 Å². The lowest BCUT2D eigenvalue weighted by Gasteiger charge is -2.36. The van der Waals surface area contributed by atoms with Gasteiger partial charge in [-0.05, 0) is 41.8 Å². The van der Waals surface area contributed by atoms with E-state index in [1.165, 1.54) is 16.0 Å². The lowest BCUT2D eigenvalue weighted by molar-refractivity contribution is 0.246. The fourth-order valence-electron chi connectivity index (χ4n) is 5.71. The zero-order valence-electron chi connectivity index (χ0n) is 23.9. The number of aromatic nitrogens is 2. The van der Waals surface area contributed by atoms with E-state index in [1.807, 2.05) is 28.8 Å². The lowest BCUT2D eigenvalue weighted by atomic mass is 10.0. The molecule has 1 saturated heterocycles. The van der Waals surface area contributed by atoms with Crippen LogP contribution in [-0.2, 0) is 26.1 Å². The van der Waals surface area contributed by atoms with E-state index in [2.05, 4.69) is 39.0 Å². The zero-order valence-corrected chi connectivity index (χ0v) is 27.1. The molecule has 8 nitrogen and oxygen atoms in total. The average Bonchev–Trinajstić information content (AvgIpc) is 3.36.